The molecule has 102 valence electrons. The summed E-state index contributed by atoms with van der Waals surface area (Å²) >= 11 is 0. The van der Waals surface area contributed by atoms with Gasteiger partial charge < -0.3 is 10.0 Å². The number of hydrogen-bond donors (Lipinski definition) is 1. The molecule has 0 radical (unpaired) electrons. The summed E-state index contributed by atoms with van der Waals surface area (Å²) in [5.74, 6) is -0.364. The fourth-order valence-electron chi connectivity index (χ4n) is 3.26. The van der Waals surface area contributed by atoms with Crippen LogP contribution < -0.4 is 0 Å². The molecule has 1 heterocycles. The summed E-state index contributed by atoms with van der Waals surface area (Å²) in [4.78, 5) is 25.0. The first-order chi connectivity index (χ1) is 8.58. The summed E-state index contributed by atoms with van der Waals surface area (Å²) in [7, 11) is 0. The van der Waals surface area contributed by atoms with Crippen LogP contribution in [0.3, 0.4) is 0 Å². The molecular weight excluding hydrogens is 230 g/mol. The number of carboxylic acid groups (broad SMARTS) is 1. The minimum absolute atomic E-state index is 0.0813. The molecular formula is C14H23NO3. The van der Waals surface area contributed by atoms with E-state index in [4.69, 9.17) is 5.11 Å². The van der Waals surface area contributed by atoms with E-state index in [1.165, 1.54) is 19.3 Å². The quantitative estimate of drug-likeness (QED) is 0.838. The van der Waals surface area contributed by atoms with Crippen molar-refractivity contribution >= 4 is 11.9 Å². The van der Waals surface area contributed by atoms with Crippen LogP contribution >= 0.6 is 0 Å². The molecule has 0 unspecified atom stereocenters. The monoisotopic (exact) mass is 253 g/mol. The molecule has 1 saturated carbocycles. The van der Waals surface area contributed by atoms with Crippen molar-refractivity contribution in [1.29, 1.82) is 0 Å². The molecule has 18 heavy (non-hydrogen) atoms. The molecule has 0 aromatic heterocycles. The van der Waals surface area contributed by atoms with Gasteiger partial charge in [-0.2, -0.15) is 0 Å². The Morgan fingerprint density at radius 2 is 1.83 bits per heavy atom. The van der Waals surface area contributed by atoms with Crippen molar-refractivity contribution in [1.82, 2.24) is 4.90 Å². The van der Waals surface area contributed by atoms with Gasteiger partial charge >= 0.3 is 5.97 Å². The minimum atomic E-state index is -0.768. The molecule has 1 N–H and O–H groups in total. The Morgan fingerprint density at radius 1 is 1.17 bits per heavy atom. The van der Waals surface area contributed by atoms with Crippen LogP contribution in [-0.4, -0.2) is 35.0 Å². The van der Waals surface area contributed by atoms with Crippen molar-refractivity contribution in [2.45, 2.75) is 45.4 Å². The van der Waals surface area contributed by atoms with Crippen LogP contribution in [0.4, 0.5) is 0 Å². The Labute approximate surface area is 108 Å². The fraction of sp³-hybridized carbons (Fsp3) is 0.857. The zero-order valence-electron chi connectivity index (χ0n) is 11.1. The number of nitrogens with zero attached hydrogens (tertiary/aromatic N) is 1. The maximum Gasteiger partial charge on any atom is 0.308 e. The number of carbonyl (C=O) groups is 2. The van der Waals surface area contributed by atoms with E-state index in [0.717, 1.165) is 12.8 Å². The predicted octanol–water partition coefficient (Wildman–Crippen LogP) is 2.14. The van der Waals surface area contributed by atoms with E-state index in [2.05, 4.69) is 0 Å². The number of carboxylic acids is 1. The molecule has 0 aromatic carbocycles. The van der Waals surface area contributed by atoms with Gasteiger partial charge in [-0.1, -0.05) is 26.2 Å². The van der Waals surface area contributed by atoms with E-state index in [-0.39, 0.29) is 17.7 Å². The molecule has 1 amide bonds. The van der Waals surface area contributed by atoms with Crippen molar-refractivity contribution < 1.29 is 14.7 Å². The first-order valence-corrected chi connectivity index (χ1v) is 7.08. The average Bonchev–Trinajstić information content (AvgIpc) is 2.73. The normalized spacial score (nSPS) is 29.5. The SMILES string of the molecule is C[C@@H]1CN(C(=O)CC2CCCCC2)C[C@H]1C(=O)O. The predicted molar refractivity (Wildman–Crippen MR) is 68.1 cm³/mol. The van der Waals surface area contributed by atoms with Gasteiger partial charge in [0.15, 0.2) is 0 Å². The number of likely N-dealkylation sites (tertiary alicyclic amines) is 1. The van der Waals surface area contributed by atoms with Crippen LogP contribution in [0, 0.1) is 17.8 Å². The zero-order chi connectivity index (χ0) is 13.1. The Hall–Kier alpha value is -1.06. The van der Waals surface area contributed by atoms with Gasteiger partial charge in [-0.15, -0.1) is 0 Å². The first kappa shape index (κ1) is 13.4. The zero-order valence-corrected chi connectivity index (χ0v) is 11.1. The Morgan fingerprint density at radius 3 is 2.39 bits per heavy atom. The van der Waals surface area contributed by atoms with Crippen molar-refractivity contribution in [3.8, 4) is 0 Å². The van der Waals surface area contributed by atoms with Gasteiger partial charge in [-0.3, -0.25) is 9.59 Å². The molecule has 2 fully saturated rings. The largest absolute Gasteiger partial charge is 0.481 e. The molecule has 0 bridgehead atoms. The van der Waals surface area contributed by atoms with Gasteiger partial charge in [0, 0.05) is 19.5 Å². The van der Waals surface area contributed by atoms with Gasteiger partial charge in [-0.05, 0) is 24.7 Å². The van der Waals surface area contributed by atoms with Crippen LogP contribution in [0.5, 0.6) is 0 Å². The number of rotatable bonds is 3. The summed E-state index contributed by atoms with van der Waals surface area (Å²) in [5, 5.41) is 9.07. The lowest BCUT2D eigenvalue weighted by Crippen LogP contribution is -2.31. The molecule has 2 atom stereocenters. The molecule has 2 aliphatic rings. The lowest BCUT2D eigenvalue weighted by atomic mass is 9.87. The maximum absolute atomic E-state index is 12.2. The summed E-state index contributed by atoms with van der Waals surface area (Å²) in [5.41, 5.74) is 0. The summed E-state index contributed by atoms with van der Waals surface area (Å²) in [6.07, 6.45) is 6.73. The Kier molecular flexibility index (Phi) is 4.25. The third-order valence-electron chi connectivity index (χ3n) is 4.47. The van der Waals surface area contributed by atoms with Crippen LogP contribution in [0.25, 0.3) is 0 Å². The van der Waals surface area contributed by atoms with Crippen molar-refractivity contribution in [3.05, 3.63) is 0 Å². The number of carbonyl (C=O) groups excluding carboxylic acids is 1. The van der Waals surface area contributed by atoms with Crippen LogP contribution in [0.2, 0.25) is 0 Å². The smallest absolute Gasteiger partial charge is 0.308 e. The van der Waals surface area contributed by atoms with Crippen molar-refractivity contribution in [3.63, 3.8) is 0 Å². The van der Waals surface area contributed by atoms with Gasteiger partial charge in [0.25, 0.3) is 0 Å². The maximum atomic E-state index is 12.2. The fourth-order valence-corrected chi connectivity index (χ4v) is 3.26. The van der Waals surface area contributed by atoms with E-state index in [1.54, 1.807) is 4.90 Å². The molecule has 2 rings (SSSR count). The van der Waals surface area contributed by atoms with Gasteiger partial charge in [-0.25, -0.2) is 0 Å². The third kappa shape index (κ3) is 3.03. The van der Waals surface area contributed by atoms with Crippen LogP contribution in [-0.2, 0) is 9.59 Å². The molecule has 1 saturated heterocycles. The second-order valence-corrected chi connectivity index (χ2v) is 5.93. The standard InChI is InChI=1S/C14H23NO3/c1-10-8-15(9-12(10)14(17)18)13(16)7-11-5-3-2-4-6-11/h10-12H,2-9H2,1H3,(H,17,18)/t10-,12-/m1/s1. The van der Waals surface area contributed by atoms with Crippen molar-refractivity contribution in [2.24, 2.45) is 17.8 Å². The summed E-state index contributed by atoms with van der Waals surface area (Å²) < 4.78 is 0. The topological polar surface area (TPSA) is 57.6 Å². The summed E-state index contributed by atoms with van der Waals surface area (Å²) in [6.45, 7) is 2.94. The molecule has 0 aromatic rings. The second-order valence-electron chi connectivity index (χ2n) is 5.93. The number of aliphatic carboxylic acids is 1. The first-order valence-electron chi connectivity index (χ1n) is 7.08. The number of amides is 1. The average molecular weight is 253 g/mol. The van der Waals surface area contributed by atoms with E-state index < -0.39 is 5.97 Å². The van der Waals surface area contributed by atoms with Crippen molar-refractivity contribution in [2.75, 3.05) is 13.1 Å². The highest BCUT2D eigenvalue weighted by Gasteiger charge is 2.37. The Balaban J connectivity index is 1.84. The lowest BCUT2D eigenvalue weighted by Gasteiger charge is -2.24. The third-order valence-corrected chi connectivity index (χ3v) is 4.47. The highest BCUT2D eigenvalue weighted by molar-refractivity contribution is 5.79. The Bertz CT molecular complexity index is 323. The van der Waals surface area contributed by atoms with E-state index in [9.17, 15) is 9.59 Å². The van der Waals surface area contributed by atoms with Gasteiger partial charge in [0.05, 0.1) is 5.92 Å². The minimum Gasteiger partial charge on any atom is -0.481 e. The molecule has 0 spiro atoms. The van der Waals surface area contributed by atoms with E-state index in [1.807, 2.05) is 6.92 Å². The summed E-state index contributed by atoms with van der Waals surface area (Å²) in [6, 6.07) is 0. The second kappa shape index (κ2) is 5.72. The molecule has 4 heteroatoms. The van der Waals surface area contributed by atoms with Gasteiger partial charge in [0.2, 0.25) is 5.91 Å². The lowest BCUT2D eigenvalue weighted by molar-refractivity contribution is -0.142. The molecule has 1 aliphatic heterocycles. The highest BCUT2D eigenvalue weighted by Crippen LogP contribution is 2.29. The highest BCUT2D eigenvalue weighted by atomic mass is 16.4. The van der Waals surface area contributed by atoms with Crippen LogP contribution in [0.15, 0.2) is 0 Å². The van der Waals surface area contributed by atoms with E-state index >= 15 is 0 Å². The van der Waals surface area contributed by atoms with E-state index in [0.29, 0.717) is 25.4 Å². The number of hydrogen-bond acceptors (Lipinski definition) is 2. The molecule has 4 nitrogen and oxygen atoms in total. The van der Waals surface area contributed by atoms with Crippen LogP contribution in [0.1, 0.15) is 45.4 Å². The molecule has 1 aliphatic carbocycles. The van der Waals surface area contributed by atoms with Gasteiger partial charge in [0.1, 0.15) is 0 Å².